The van der Waals surface area contributed by atoms with Crippen LogP contribution in [0.25, 0.3) is 0 Å². The summed E-state index contributed by atoms with van der Waals surface area (Å²) in [5.41, 5.74) is 1.08. The summed E-state index contributed by atoms with van der Waals surface area (Å²) in [7, 11) is 3.80. The largest absolute Gasteiger partial charge is 0.346 e. The highest BCUT2D eigenvalue weighted by Crippen LogP contribution is 2.29. The molecule has 10 nitrogen and oxygen atoms in total. The van der Waals surface area contributed by atoms with Crippen LogP contribution in [-0.4, -0.2) is 70.2 Å². The van der Waals surface area contributed by atoms with E-state index < -0.39 is 6.04 Å². The van der Waals surface area contributed by atoms with Gasteiger partial charge in [-0.25, -0.2) is 9.97 Å². The first kappa shape index (κ1) is 27.2. The highest BCUT2D eigenvalue weighted by Gasteiger charge is 2.37. The molecule has 1 fully saturated rings. The van der Waals surface area contributed by atoms with Crippen LogP contribution in [0.4, 0.5) is 5.82 Å². The molecule has 4 rings (SSSR count). The molecule has 0 spiro atoms. The molecular weight excluding hydrogens is 558 g/mol. The summed E-state index contributed by atoms with van der Waals surface area (Å²) in [4.78, 5) is 52.7. The van der Waals surface area contributed by atoms with Gasteiger partial charge in [-0.3, -0.25) is 19.3 Å². The Balaban J connectivity index is 1.45. The van der Waals surface area contributed by atoms with Crippen molar-refractivity contribution in [2.24, 2.45) is 5.92 Å². The van der Waals surface area contributed by atoms with Crippen molar-refractivity contribution < 1.29 is 14.4 Å². The molecule has 0 bridgehead atoms. The average Bonchev–Trinajstić information content (AvgIpc) is 3.43. The Labute approximate surface area is 229 Å². The third-order valence-electron chi connectivity index (χ3n) is 6.77. The Morgan fingerprint density at radius 3 is 2.68 bits per heavy atom. The van der Waals surface area contributed by atoms with Gasteiger partial charge in [-0.1, -0.05) is 6.58 Å². The minimum Gasteiger partial charge on any atom is -0.346 e. The van der Waals surface area contributed by atoms with E-state index in [1.165, 1.54) is 11.3 Å². The van der Waals surface area contributed by atoms with Crippen molar-refractivity contribution in [3.63, 3.8) is 0 Å². The first-order valence-corrected chi connectivity index (χ1v) is 13.9. The van der Waals surface area contributed by atoms with Crippen molar-refractivity contribution in [3.05, 3.63) is 50.7 Å². The van der Waals surface area contributed by atoms with Gasteiger partial charge in [0.1, 0.15) is 5.82 Å². The summed E-state index contributed by atoms with van der Waals surface area (Å²) in [5.74, 6) is -0.352. The summed E-state index contributed by atoms with van der Waals surface area (Å²) < 4.78 is 0.823. The van der Waals surface area contributed by atoms with E-state index in [2.05, 4.69) is 53.3 Å². The molecule has 3 amide bonds. The number of fused-ring (bicyclic) bond motifs is 1. The van der Waals surface area contributed by atoms with E-state index in [0.717, 1.165) is 28.1 Å². The maximum absolute atomic E-state index is 13.2. The van der Waals surface area contributed by atoms with Crippen molar-refractivity contribution in [1.29, 1.82) is 0 Å². The molecule has 12 heteroatoms. The van der Waals surface area contributed by atoms with Gasteiger partial charge in [0, 0.05) is 54.2 Å². The molecule has 2 aromatic heterocycles. The minimum atomic E-state index is -0.426. The van der Waals surface area contributed by atoms with E-state index in [4.69, 9.17) is 0 Å². The van der Waals surface area contributed by atoms with Crippen molar-refractivity contribution in [1.82, 2.24) is 30.4 Å². The second kappa shape index (κ2) is 11.7. The van der Waals surface area contributed by atoms with Crippen molar-refractivity contribution >= 4 is 50.8 Å². The van der Waals surface area contributed by atoms with E-state index in [1.54, 1.807) is 24.2 Å². The number of anilines is 1. The molecule has 0 unspecified atom stereocenters. The monoisotopic (exact) mass is 589 g/mol. The van der Waals surface area contributed by atoms with E-state index >= 15 is 0 Å². The van der Waals surface area contributed by atoms with Crippen LogP contribution in [0.1, 0.15) is 46.6 Å². The van der Waals surface area contributed by atoms with Crippen LogP contribution in [0, 0.1) is 5.92 Å². The smallest absolute Gasteiger partial charge is 0.280 e. The molecule has 1 aliphatic carbocycles. The maximum Gasteiger partial charge on any atom is 0.280 e. The van der Waals surface area contributed by atoms with Gasteiger partial charge in [-0.2, -0.15) is 0 Å². The van der Waals surface area contributed by atoms with Crippen molar-refractivity contribution in [2.45, 2.75) is 51.4 Å². The third-order valence-corrected chi connectivity index (χ3v) is 8.32. The topological polar surface area (TPSA) is 120 Å². The number of pyridine rings is 1. The predicted molar refractivity (Wildman–Crippen MR) is 146 cm³/mol. The zero-order chi connectivity index (χ0) is 26.7. The second-order valence-corrected chi connectivity index (χ2v) is 11.5. The lowest BCUT2D eigenvalue weighted by molar-refractivity contribution is -0.135. The van der Waals surface area contributed by atoms with Crippen LogP contribution in [0.3, 0.4) is 0 Å². The van der Waals surface area contributed by atoms with Crippen LogP contribution >= 0.6 is 27.3 Å². The Kier molecular flexibility index (Phi) is 8.60. The number of hydrogen-bond donors (Lipinski definition) is 3. The Hall–Kier alpha value is -2.83. The van der Waals surface area contributed by atoms with Gasteiger partial charge in [0.05, 0.1) is 17.4 Å². The maximum atomic E-state index is 13.2. The van der Waals surface area contributed by atoms with Gasteiger partial charge < -0.3 is 20.9 Å². The molecule has 37 heavy (non-hydrogen) atoms. The molecule has 2 aliphatic rings. The van der Waals surface area contributed by atoms with Crippen LogP contribution in [-0.2, 0) is 22.7 Å². The standard InChI is InChI=1S/C25H32BrN7O3S/c1-5-33(4)25(36)15-6-8-17(29-22(34)14(2)28-21-9-7-16(26)11-27-21)18(10-15)30-23(35)24-31-19-12-32(3)13-20(19)37-24/h7,9,11,15,17-18H,2,5-6,8,10,12-13H2,1,3-4H3,(H,27,28)(H,29,34)(H,30,35)/t15-,17-,18+/m0/s1. The summed E-state index contributed by atoms with van der Waals surface area (Å²) in [6.07, 6.45) is 3.22. The van der Waals surface area contributed by atoms with Crippen LogP contribution in [0.2, 0.25) is 0 Å². The zero-order valence-electron chi connectivity index (χ0n) is 21.2. The highest BCUT2D eigenvalue weighted by molar-refractivity contribution is 9.10. The van der Waals surface area contributed by atoms with Gasteiger partial charge in [-0.05, 0) is 61.3 Å². The molecule has 3 N–H and O–H groups in total. The summed E-state index contributed by atoms with van der Waals surface area (Å²) in [5, 5.41) is 9.40. The van der Waals surface area contributed by atoms with Crippen molar-refractivity contribution in [3.8, 4) is 0 Å². The number of aromatic nitrogens is 2. The molecule has 0 radical (unpaired) electrons. The van der Waals surface area contributed by atoms with Crippen LogP contribution < -0.4 is 16.0 Å². The van der Waals surface area contributed by atoms with Crippen LogP contribution in [0.15, 0.2) is 35.1 Å². The van der Waals surface area contributed by atoms with Crippen LogP contribution in [0.5, 0.6) is 0 Å². The fourth-order valence-electron chi connectivity index (χ4n) is 4.63. The molecule has 1 aliphatic heterocycles. The lowest BCUT2D eigenvalue weighted by atomic mass is 9.81. The number of nitrogens with one attached hydrogen (secondary N) is 3. The molecule has 0 saturated heterocycles. The number of carbonyl (C=O) groups excluding carboxylic acids is 3. The SMILES string of the molecule is C=C(Nc1ccc(Br)cn1)C(=O)N[C@H]1CC[C@H](C(=O)N(C)CC)C[C@H]1NC(=O)c1nc2c(s1)CN(C)C2. The van der Waals surface area contributed by atoms with E-state index in [0.29, 0.717) is 36.6 Å². The second-order valence-electron chi connectivity index (χ2n) is 9.55. The minimum absolute atomic E-state index is 0.0511. The number of thiazole rings is 1. The van der Waals surface area contributed by atoms with E-state index in [1.807, 2.05) is 20.0 Å². The molecule has 2 aromatic rings. The lowest BCUT2D eigenvalue weighted by Crippen LogP contribution is -2.56. The number of halogens is 1. The summed E-state index contributed by atoms with van der Waals surface area (Å²) in [6, 6.07) is 2.76. The molecule has 0 aromatic carbocycles. The number of rotatable bonds is 8. The zero-order valence-corrected chi connectivity index (χ0v) is 23.6. The molecule has 3 heterocycles. The molecule has 198 valence electrons. The highest BCUT2D eigenvalue weighted by atomic mass is 79.9. The number of carbonyl (C=O) groups is 3. The number of hydrogen-bond acceptors (Lipinski definition) is 8. The van der Waals surface area contributed by atoms with Gasteiger partial charge in [0.25, 0.3) is 11.8 Å². The molecular formula is C25H32BrN7O3S. The Morgan fingerprint density at radius 1 is 1.22 bits per heavy atom. The van der Waals surface area contributed by atoms with Gasteiger partial charge in [-0.15, -0.1) is 11.3 Å². The first-order valence-electron chi connectivity index (χ1n) is 12.3. The number of nitrogens with zero attached hydrogens (tertiary/aromatic N) is 4. The van der Waals surface area contributed by atoms with Crippen molar-refractivity contribution in [2.75, 3.05) is 26.0 Å². The average molecular weight is 591 g/mol. The molecule has 1 saturated carbocycles. The lowest BCUT2D eigenvalue weighted by Gasteiger charge is -2.37. The summed E-state index contributed by atoms with van der Waals surface area (Å²) >= 11 is 4.73. The van der Waals surface area contributed by atoms with Gasteiger partial charge in [0.2, 0.25) is 5.91 Å². The molecule has 3 atom stereocenters. The number of amides is 3. The quantitative estimate of drug-likeness (QED) is 0.405. The predicted octanol–water partition coefficient (Wildman–Crippen LogP) is 2.73. The van der Waals surface area contributed by atoms with E-state index in [9.17, 15) is 14.4 Å². The fraction of sp³-hybridized carbons (Fsp3) is 0.480. The van der Waals surface area contributed by atoms with Gasteiger partial charge >= 0.3 is 0 Å². The first-order chi connectivity index (χ1) is 17.6. The van der Waals surface area contributed by atoms with E-state index in [-0.39, 0.29) is 35.4 Å². The Morgan fingerprint density at radius 2 is 2.00 bits per heavy atom. The normalized spacial score (nSPS) is 21.1. The fourth-order valence-corrected chi connectivity index (χ4v) is 5.91. The van der Waals surface area contributed by atoms with Gasteiger partial charge in [0.15, 0.2) is 5.01 Å². The summed E-state index contributed by atoms with van der Waals surface area (Å²) in [6.45, 7) is 7.90. The Bertz CT molecular complexity index is 1160. The third kappa shape index (κ3) is 6.55.